The van der Waals surface area contributed by atoms with Crippen LogP contribution in [0.5, 0.6) is 0 Å². The molecule has 0 unspecified atom stereocenters. The lowest BCUT2D eigenvalue weighted by atomic mass is 10.1. The molecule has 2 heterocycles. The van der Waals surface area contributed by atoms with E-state index in [1.165, 1.54) is 5.52 Å². The van der Waals surface area contributed by atoms with Crippen molar-refractivity contribution in [2.45, 2.75) is 26.3 Å². The summed E-state index contributed by atoms with van der Waals surface area (Å²) in [7, 11) is 0. The average molecular weight is 177 g/mol. The molecule has 0 saturated carbocycles. The van der Waals surface area contributed by atoms with Gasteiger partial charge in [0.1, 0.15) is 5.82 Å². The molecule has 13 heavy (non-hydrogen) atoms. The van der Waals surface area contributed by atoms with Crippen LogP contribution in [0, 0.1) is 0 Å². The third-order valence-corrected chi connectivity index (χ3v) is 2.22. The van der Waals surface area contributed by atoms with Crippen LogP contribution in [0.15, 0.2) is 18.3 Å². The predicted molar refractivity (Wildman–Crippen MR) is 55.7 cm³/mol. The van der Waals surface area contributed by atoms with Gasteiger partial charge in [0.05, 0.1) is 11.0 Å². The van der Waals surface area contributed by atoms with Gasteiger partial charge in [0.25, 0.3) is 0 Å². The molecule has 3 heteroatoms. The molecule has 0 fully saturated rings. The Kier molecular flexibility index (Phi) is 1.46. The van der Waals surface area contributed by atoms with E-state index in [9.17, 15) is 0 Å². The maximum Gasteiger partial charge on any atom is 0.103 e. The van der Waals surface area contributed by atoms with E-state index in [1.54, 1.807) is 0 Å². The normalized spacial score (nSPS) is 12.5. The van der Waals surface area contributed by atoms with E-state index in [1.807, 2.05) is 6.07 Å². The number of hydrogen-bond donors (Lipinski definition) is 2. The second-order valence-corrected chi connectivity index (χ2v) is 4.38. The molecule has 0 aliphatic carbocycles. The maximum absolute atomic E-state index is 5.68. The Labute approximate surface area is 77.5 Å². The molecule has 0 amide bonds. The van der Waals surface area contributed by atoms with Crippen LogP contribution in [0.1, 0.15) is 20.8 Å². The molecule has 0 bridgehead atoms. The summed E-state index contributed by atoms with van der Waals surface area (Å²) in [6, 6.07) is 4.03. The van der Waals surface area contributed by atoms with Crippen molar-refractivity contribution in [2.75, 3.05) is 5.73 Å². The predicted octanol–water partition coefficient (Wildman–Crippen LogP) is 2.31. The highest BCUT2D eigenvalue weighted by atomic mass is 15.1. The van der Waals surface area contributed by atoms with Gasteiger partial charge >= 0.3 is 0 Å². The highest BCUT2D eigenvalue weighted by Crippen LogP contribution is 2.24. The van der Waals surface area contributed by atoms with Gasteiger partial charge in [0, 0.05) is 17.8 Å². The Hall–Kier alpha value is -1.38. The first kappa shape index (κ1) is 8.23. The fraction of sp³-hybridized carbons (Fsp3) is 0.400. The minimum atomic E-state index is 0.108. The van der Waals surface area contributed by atoms with Gasteiger partial charge < -0.3 is 15.3 Å². The largest absolute Gasteiger partial charge is 0.385 e. The number of nitrogens with one attached hydrogen (secondary N) is 1. The molecule has 0 spiro atoms. The monoisotopic (exact) mass is 177 g/mol. The lowest BCUT2D eigenvalue weighted by Crippen LogP contribution is -2.20. The number of anilines is 1. The van der Waals surface area contributed by atoms with Crippen LogP contribution in [0.4, 0.5) is 5.82 Å². The highest BCUT2D eigenvalue weighted by Gasteiger charge is 2.15. The third-order valence-electron chi connectivity index (χ3n) is 2.22. The number of hydrogen-bond acceptors (Lipinski definition) is 1. The second kappa shape index (κ2) is 2.31. The zero-order valence-electron chi connectivity index (χ0n) is 8.26. The van der Waals surface area contributed by atoms with Gasteiger partial charge in [-0.1, -0.05) is 0 Å². The van der Waals surface area contributed by atoms with Gasteiger partial charge in [-0.15, -0.1) is 0 Å². The standard InChI is InChI=1S/C10H15N3/c1-10(2,3)13-5-4-7-8(13)6-9(11)12-7/h4-6,12H,11H2,1-3H3. The molecular weight excluding hydrogens is 162 g/mol. The summed E-state index contributed by atoms with van der Waals surface area (Å²) >= 11 is 0. The SMILES string of the molecule is CC(C)(C)n1ccc2[nH]c(N)cc21. The molecular formula is C10H15N3. The first-order valence-corrected chi connectivity index (χ1v) is 4.44. The number of rotatable bonds is 0. The van der Waals surface area contributed by atoms with Crippen LogP contribution in [0.25, 0.3) is 11.0 Å². The fourth-order valence-electron chi connectivity index (χ4n) is 1.62. The number of nitrogens with zero attached hydrogens (tertiary/aromatic N) is 1. The first-order chi connectivity index (χ1) is 5.98. The molecule has 0 radical (unpaired) electrons. The quantitative estimate of drug-likeness (QED) is 0.637. The Morgan fingerprint density at radius 3 is 2.69 bits per heavy atom. The summed E-state index contributed by atoms with van der Waals surface area (Å²) in [6.07, 6.45) is 2.08. The molecule has 2 aromatic heterocycles. The van der Waals surface area contributed by atoms with Crippen LogP contribution < -0.4 is 5.73 Å². The van der Waals surface area contributed by atoms with Crippen molar-refractivity contribution in [3.63, 3.8) is 0 Å². The summed E-state index contributed by atoms with van der Waals surface area (Å²) in [4.78, 5) is 3.11. The molecule has 70 valence electrons. The lowest BCUT2D eigenvalue weighted by molar-refractivity contribution is 0.411. The minimum absolute atomic E-state index is 0.108. The van der Waals surface area contributed by atoms with Crippen LogP contribution in [0.3, 0.4) is 0 Å². The molecule has 3 N–H and O–H groups in total. The van der Waals surface area contributed by atoms with Crippen molar-refractivity contribution in [2.24, 2.45) is 0 Å². The summed E-state index contributed by atoms with van der Waals surface area (Å²) < 4.78 is 2.22. The van der Waals surface area contributed by atoms with Gasteiger partial charge in [0.2, 0.25) is 0 Å². The van der Waals surface area contributed by atoms with E-state index in [4.69, 9.17) is 5.73 Å². The van der Waals surface area contributed by atoms with Gasteiger partial charge in [-0.3, -0.25) is 0 Å². The molecule has 3 nitrogen and oxygen atoms in total. The van der Waals surface area contributed by atoms with Crippen LogP contribution in [-0.2, 0) is 5.54 Å². The molecule has 2 aromatic rings. The van der Waals surface area contributed by atoms with E-state index >= 15 is 0 Å². The summed E-state index contributed by atoms with van der Waals surface area (Å²) in [5.41, 5.74) is 8.06. The van der Waals surface area contributed by atoms with E-state index in [2.05, 4.69) is 42.6 Å². The van der Waals surface area contributed by atoms with Gasteiger partial charge in [-0.25, -0.2) is 0 Å². The molecule has 2 rings (SSSR count). The molecule has 0 aliphatic rings. The Morgan fingerprint density at radius 2 is 2.08 bits per heavy atom. The topological polar surface area (TPSA) is 46.7 Å². The number of nitrogen functional groups attached to an aromatic ring is 1. The molecule has 0 aromatic carbocycles. The summed E-state index contributed by atoms with van der Waals surface area (Å²) in [6.45, 7) is 6.53. The van der Waals surface area contributed by atoms with Crippen molar-refractivity contribution in [1.29, 1.82) is 0 Å². The van der Waals surface area contributed by atoms with Crippen molar-refractivity contribution >= 4 is 16.9 Å². The number of fused-ring (bicyclic) bond motifs is 1. The number of aromatic amines is 1. The fourth-order valence-corrected chi connectivity index (χ4v) is 1.62. The maximum atomic E-state index is 5.68. The zero-order valence-corrected chi connectivity index (χ0v) is 8.26. The number of aromatic nitrogens is 2. The Balaban J connectivity index is 2.70. The van der Waals surface area contributed by atoms with Gasteiger partial charge in [0.15, 0.2) is 0 Å². The van der Waals surface area contributed by atoms with Crippen LogP contribution in [-0.4, -0.2) is 9.55 Å². The first-order valence-electron chi connectivity index (χ1n) is 4.44. The third kappa shape index (κ3) is 1.20. The summed E-state index contributed by atoms with van der Waals surface area (Å²) in [5.74, 6) is 0.726. The number of nitrogens with two attached hydrogens (primary N) is 1. The molecule has 0 aliphatic heterocycles. The van der Waals surface area contributed by atoms with Crippen LogP contribution >= 0.6 is 0 Å². The van der Waals surface area contributed by atoms with E-state index < -0.39 is 0 Å². The van der Waals surface area contributed by atoms with Crippen LogP contribution in [0.2, 0.25) is 0 Å². The Bertz CT molecular complexity index is 428. The van der Waals surface area contributed by atoms with Crippen molar-refractivity contribution in [3.8, 4) is 0 Å². The van der Waals surface area contributed by atoms with E-state index in [0.717, 1.165) is 11.3 Å². The second-order valence-electron chi connectivity index (χ2n) is 4.38. The minimum Gasteiger partial charge on any atom is -0.385 e. The van der Waals surface area contributed by atoms with E-state index in [0.29, 0.717) is 0 Å². The van der Waals surface area contributed by atoms with Crippen molar-refractivity contribution in [3.05, 3.63) is 18.3 Å². The molecule has 0 saturated heterocycles. The van der Waals surface area contributed by atoms with Crippen molar-refractivity contribution < 1.29 is 0 Å². The zero-order chi connectivity index (χ0) is 9.64. The van der Waals surface area contributed by atoms with E-state index in [-0.39, 0.29) is 5.54 Å². The highest BCUT2D eigenvalue weighted by molar-refractivity contribution is 5.81. The Morgan fingerprint density at radius 1 is 1.38 bits per heavy atom. The van der Waals surface area contributed by atoms with Gasteiger partial charge in [-0.05, 0) is 26.8 Å². The number of H-pyrrole nitrogens is 1. The molecule has 0 atom stereocenters. The average Bonchev–Trinajstić information content (AvgIpc) is 2.41. The van der Waals surface area contributed by atoms with Crippen molar-refractivity contribution in [1.82, 2.24) is 9.55 Å². The smallest absolute Gasteiger partial charge is 0.103 e. The lowest BCUT2D eigenvalue weighted by Gasteiger charge is -2.21. The summed E-state index contributed by atoms with van der Waals surface area (Å²) in [5, 5.41) is 0. The van der Waals surface area contributed by atoms with Gasteiger partial charge in [-0.2, -0.15) is 0 Å².